The van der Waals surface area contributed by atoms with E-state index in [9.17, 15) is 4.79 Å². The van der Waals surface area contributed by atoms with Crippen molar-refractivity contribution in [2.45, 2.75) is 25.3 Å². The van der Waals surface area contributed by atoms with Crippen LogP contribution in [0.5, 0.6) is 11.5 Å². The number of amides is 1. The highest BCUT2D eigenvalue weighted by Gasteiger charge is 2.24. The normalized spacial score (nSPS) is 18.9. The predicted octanol–water partition coefficient (Wildman–Crippen LogP) is 1.67. The van der Waals surface area contributed by atoms with Gasteiger partial charge in [0.2, 0.25) is 0 Å². The molecule has 0 spiro atoms. The van der Waals surface area contributed by atoms with E-state index in [4.69, 9.17) is 9.47 Å². The van der Waals surface area contributed by atoms with Gasteiger partial charge in [0.25, 0.3) is 5.91 Å². The molecular weight excluding hydrogens is 268 g/mol. The Morgan fingerprint density at radius 1 is 1.19 bits per heavy atom. The quantitative estimate of drug-likeness (QED) is 0.900. The van der Waals surface area contributed by atoms with E-state index < -0.39 is 0 Å². The van der Waals surface area contributed by atoms with Crippen LogP contribution in [-0.2, 0) is 0 Å². The molecule has 1 fully saturated rings. The SMILES string of the molecule is CN(C(=O)c1ccc2c(c1)OCCCO2)C1CCNCC1. The highest BCUT2D eigenvalue weighted by molar-refractivity contribution is 5.95. The van der Waals surface area contributed by atoms with Gasteiger partial charge in [-0.15, -0.1) is 0 Å². The molecule has 1 saturated heterocycles. The molecule has 3 rings (SSSR count). The number of nitrogens with zero attached hydrogens (tertiary/aromatic N) is 1. The molecule has 0 aliphatic carbocycles. The number of benzene rings is 1. The van der Waals surface area contributed by atoms with Gasteiger partial charge in [-0.2, -0.15) is 0 Å². The van der Waals surface area contributed by atoms with Crippen LogP contribution in [0.4, 0.5) is 0 Å². The van der Waals surface area contributed by atoms with Crippen molar-refractivity contribution in [1.29, 1.82) is 0 Å². The molecule has 2 aliphatic heterocycles. The molecule has 0 saturated carbocycles. The van der Waals surface area contributed by atoms with E-state index in [1.165, 1.54) is 0 Å². The third kappa shape index (κ3) is 3.13. The number of hydrogen-bond donors (Lipinski definition) is 1. The number of hydrogen-bond acceptors (Lipinski definition) is 4. The Hall–Kier alpha value is -1.75. The zero-order chi connectivity index (χ0) is 14.7. The van der Waals surface area contributed by atoms with Crippen molar-refractivity contribution in [3.63, 3.8) is 0 Å². The Bertz CT molecular complexity index is 512. The molecule has 2 aliphatic rings. The number of fused-ring (bicyclic) bond motifs is 1. The molecule has 0 unspecified atom stereocenters. The van der Waals surface area contributed by atoms with E-state index >= 15 is 0 Å². The Kier molecular flexibility index (Phi) is 4.29. The summed E-state index contributed by atoms with van der Waals surface area (Å²) in [7, 11) is 1.89. The zero-order valence-electron chi connectivity index (χ0n) is 12.4. The third-order valence-corrected chi connectivity index (χ3v) is 4.17. The van der Waals surface area contributed by atoms with Gasteiger partial charge in [-0.25, -0.2) is 0 Å². The van der Waals surface area contributed by atoms with Crippen LogP contribution in [0.1, 0.15) is 29.6 Å². The minimum Gasteiger partial charge on any atom is -0.490 e. The molecular formula is C16H22N2O3. The van der Waals surface area contributed by atoms with Crippen molar-refractivity contribution in [3.05, 3.63) is 23.8 Å². The molecule has 0 radical (unpaired) electrons. The van der Waals surface area contributed by atoms with Crippen molar-refractivity contribution < 1.29 is 14.3 Å². The van der Waals surface area contributed by atoms with Gasteiger partial charge in [-0.1, -0.05) is 0 Å². The van der Waals surface area contributed by atoms with Crippen molar-refractivity contribution in [3.8, 4) is 11.5 Å². The molecule has 0 bridgehead atoms. The van der Waals surface area contributed by atoms with Gasteiger partial charge in [0, 0.05) is 25.1 Å². The fourth-order valence-electron chi connectivity index (χ4n) is 2.86. The van der Waals surface area contributed by atoms with Gasteiger partial charge in [0.15, 0.2) is 11.5 Å². The lowest BCUT2D eigenvalue weighted by Gasteiger charge is -2.31. The molecule has 1 aromatic carbocycles. The molecule has 0 atom stereocenters. The van der Waals surface area contributed by atoms with E-state index in [0.29, 0.717) is 30.6 Å². The third-order valence-electron chi connectivity index (χ3n) is 4.17. The number of carbonyl (C=O) groups excluding carboxylic acids is 1. The molecule has 1 aromatic rings. The van der Waals surface area contributed by atoms with E-state index in [-0.39, 0.29) is 5.91 Å². The van der Waals surface area contributed by atoms with Crippen molar-refractivity contribution in [2.75, 3.05) is 33.4 Å². The molecule has 2 heterocycles. The van der Waals surface area contributed by atoms with Crippen LogP contribution in [0.15, 0.2) is 18.2 Å². The molecule has 1 N–H and O–H groups in total. The first kappa shape index (κ1) is 14.2. The first-order valence-electron chi connectivity index (χ1n) is 7.63. The summed E-state index contributed by atoms with van der Waals surface area (Å²) in [5.41, 5.74) is 0.667. The summed E-state index contributed by atoms with van der Waals surface area (Å²) in [6.07, 6.45) is 2.88. The van der Waals surface area contributed by atoms with Crippen LogP contribution in [0, 0.1) is 0 Å². The molecule has 5 nitrogen and oxygen atoms in total. The van der Waals surface area contributed by atoms with Crippen molar-refractivity contribution >= 4 is 5.91 Å². The summed E-state index contributed by atoms with van der Waals surface area (Å²) in [5.74, 6) is 1.46. The predicted molar refractivity (Wildman–Crippen MR) is 80.0 cm³/mol. The van der Waals surface area contributed by atoms with Gasteiger partial charge in [0.05, 0.1) is 13.2 Å². The second-order valence-corrected chi connectivity index (χ2v) is 5.61. The van der Waals surface area contributed by atoms with Gasteiger partial charge in [-0.3, -0.25) is 4.79 Å². The van der Waals surface area contributed by atoms with Gasteiger partial charge in [0.1, 0.15) is 0 Å². The second-order valence-electron chi connectivity index (χ2n) is 5.61. The molecule has 114 valence electrons. The number of nitrogens with one attached hydrogen (secondary N) is 1. The summed E-state index contributed by atoms with van der Waals surface area (Å²) >= 11 is 0. The van der Waals surface area contributed by atoms with Crippen LogP contribution in [0.25, 0.3) is 0 Å². The average Bonchev–Trinajstić information content (AvgIpc) is 2.79. The largest absolute Gasteiger partial charge is 0.490 e. The Labute approximate surface area is 125 Å². The summed E-state index contributed by atoms with van der Waals surface area (Å²) < 4.78 is 11.3. The fraction of sp³-hybridized carbons (Fsp3) is 0.562. The molecule has 21 heavy (non-hydrogen) atoms. The maximum Gasteiger partial charge on any atom is 0.253 e. The number of ether oxygens (including phenoxy) is 2. The van der Waals surface area contributed by atoms with Crippen molar-refractivity contribution in [1.82, 2.24) is 10.2 Å². The van der Waals surface area contributed by atoms with Crippen molar-refractivity contribution in [2.24, 2.45) is 0 Å². The minimum absolute atomic E-state index is 0.0533. The molecule has 5 heteroatoms. The molecule has 1 amide bonds. The summed E-state index contributed by atoms with van der Waals surface area (Å²) in [6.45, 7) is 3.25. The van der Waals surface area contributed by atoms with Crippen LogP contribution < -0.4 is 14.8 Å². The lowest BCUT2D eigenvalue weighted by molar-refractivity contribution is 0.0703. The highest BCUT2D eigenvalue weighted by Crippen LogP contribution is 2.31. The minimum atomic E-state index is 0.0533. The van der Waals surface area contributed by atoms with Gasteiger partial charge < -0.3 is 19.7 Å². The van der Waals surface area contributed by atoms with Gasteiger partial charge >= 0.3 is 0 Å². The fourth-order valence-corrected chi connectivity index (χ4v) is 2.86. The van der Waals surface area contributed by atoms with Crippen LogP contribution >= 0.6 is 0 Å². The van der Waals surface area contributed by atoms with Crippen LogP contribution in [0.3, 0.4) is 0 Å². The topological polar surface area (TPSA) is 50.8 Å². The lowest BCUT2D eigenvalue weighted by atomic mass is 10.0. The van der Waals surface area contributed by atoms with E-state index in [0.717, 1.165) is 38.1 Å². The average molecular weight is 290 g/mol. The first-order valence-corrected chi connectivity index (χ1v) is 7.63. The lowest BCUT2D eigenvalue weighted by Crippen LogP contribution is -2.43. The number of piperidine rings is 1. The summed E-state index contributed by atoms with van der Waals surface area (Å²) in [5, 5.41) is 3.32. The maximum absolute atomic E-state index is 12.6. The van der Waals surface area contributed by atoms with Crippen LogP contribution in [0.2, 0.25) is 0 Å². The monoisotopic (exact) mass is 290 g/mol. The Balaban J connectivity index is 1.76. The molecule has 0 aromatic heterocycles. The number of rotatable bonds is 2. The second kappa shape index (κ2) is 6.35. The summed E-state index contributed by atoms with van der Waals surface area (Å²) in [6, 6.07) is 5.78. The first-order chi connectivity index (χ1) is 10.3. The number of carbonyl (C=O) groups is 1. The maximum atomic E-state index is 12.6. The Morgan fingerprint density at radius 2 is 1.90 bits per heavy atom. The zero-order valence-corrected chi connectivity index (χ0v) is 12.4. The van der Waals surface area contributed by atoms with E-state index in [1.54, 1.807) is 6.07 Å². The highest BCUT2D eigenvalue weighted by atomic mass is 16.5. The smallest absolute Gasteiger partial charge is 0.253 e. The standard InChI is InChI=1S/C16H22N2O3/c1-18(13-5-7-17-8-6-13)16(19)12-3-4-14-15(11-12)21-10-2-9-20-14/h3-4,11,13,17H,2,5-10H2,1H3. The Morgan fingerprint density at radius 3 is 2.67 bits per heavy atom. The van der Waals surface area contributed by atoms with Gasteiger partial charge in [-0.05, 0) is 44.1 Å². The van der Waals surface area contributed by atoms with E-state index in [2.05, 4.69) is 5.32 Å². The summed E-state index contributed by atoms with van der Waals surface area (Å²) in [4.78, 5) is 14.5. The van der Waals surface area contributed by atoms with E-state index in [1.807, 2.05) is 24.1 Å². The van der Waals surface area contributed by atoms with Crippen LogP contribution in [-0.4, -0.2) is 50.2 Å².